The molecule has 4 N–H and O–H groups in total. The number of allylic oxidation sites excluding steroid dienone is 1. The molecule has 2 aromatic rings. The molecule has 28 heavy (non-hydrogen) atoms. The summed E-state index contributed by atoms with van der Waals surface area (Å²) in [6, 6.07) is 7.00. The molecule has 148 valence electrons. The SMILES string of the molecule is CC/C=C/c1c(N)nc(SCCNC(C)=O)c(C=NC)c1-c1ccc(O)cc1. The number of carbonyl (C=O) groups is 1. The summed E-state index contributed by atoms with van der Waals surface area (Å²) in [5.74, 6) is 1.23. The Morgan fingerprint density at radius 1 is 1.32 bits per heavy atom. The van der Waals surface area contributed by atoms with Gasteiger partial charge in [0.05, 0.1) is 0 Å². The number of thioether (sulfide) groups is 1. The lowest BCUT2D eigenvalue weighted by molar-refractivity contribution is -0.118. The molecule has 1 aromatic carbocycles. The van der Waals surface area contributed by atoms with Gasteiger partial charge in [-0.1, -0.05) is 31.2 Å². The van der Waals surface area contributed by atoms with Gasteiger partial charge in [0.1, 0.15) is 16.6 Å². The number of nitrogens with zero attached hydrogens (tertiary/aromatic N) is 2. The third kappa shape index (κ3) is 5.60. The van der Waals surface area contributed by atoms with Crippen molar-refractivity contribution >= 4 is 35.8 Å². The lowest BCUT2D eigenvalue weighted by Gasteiger charge is -2.17. The molecule has 0 fully saturated rings. The lowest BCUT2D eigenvalue weighted by atomic mass is 9.95. The van der Waals surface area contributed by atoms with Gasteiger partial charge in [-0.25, -0.2) is 4.98 Å². The maximum atomic E-state index is 11.1. The molecule has 0 radical (unpaired) electrons. The number of phenols is 1. The Labute approximate surface area is 170 Å². The van der Waals surface area contributed by atoms with E-state index in [2.05, 4.69) is 22.2 Å². The van der Waals surface area contributed by atoms with Crippen molar-refractivity contribution in [2.75, 3.05) is 25.1 Å². The van der Waals surface area contributed by atoms with Crippen LogP contribution in [-0.4, -0.2) is 41.6 Å². The Kier molecular flexibility index (Phi) is 8.07. The van der Waals surface area contributed by atoms with E-state index in [1.165, 1.54) is 18.7 Å². The Balaban J connectivity index is 2.59. The molecule has 0 unspecified atom stereocenters. The minimum Gasteiger partial charge on any atom is -0.508 e. The van der Waals surface area contributed by atoms with Crippen molar-refractivity contribution < 1.29 is 9.90 Å². The number of aliphatic imine (C=N–C) groups is 1. The summed E-state index contributed by atoms with van der Waals surface area (Å²) in [7, 11) is 1.71. The van der Waals surface area contributed by atoms with Gasteiger partial charge >= 0.3 is 0 Å². The number of pyridine rings is 1. The second kappa shape index (κ2) is 10.5. The van der Waals surface area contributed by atoms with Gasteiger partial charge in [-0.2, -0.15) is 0 Å². The van der Waals surface area contributed by atoms with Crippen molar-refractivity contribution in [1.82, 2.24) is 10.3 Å². The molecule has 0 saturated heterocycles. The summed E-state index contributed by atoms with van der Waals surface area (Å²) in [5.41, 5.74) is 9.84. The zero-order valence-corrected chi connectivity index (χ0v) is 17.2. The smallest absolute Gasteiger partial charge is 0.216 e. The molecule has 0 saturated carbocycles. The summed E-state index contributed by atoms with van der Waals surface area (Å²) in [4.78, 5) is 19.9. The van der Waals surface area contributed by atoms with E-state index in [4.69, 9.17) is 5.73 Å². The number of aromatic hydroxyl groups is 1. The van der Waals surface area contributed by atoms with Crippen molar-refractivity contribution in [1.29, 1.82) is 0 Å². The first kappa shape index (κ1) is 21.5. The number of amides is 1. The van der Waals surface area contributed by atoms with Crippen LogP contribution >= 0.6 is 11.8 Å². The first-order valence-corrected chi connectivity index (χ1v) is 10.0. The summed E-state index contributed by atoms with van der Waals surface area (Å²) < 4.78 is 0. The van der Waals surface area contributed by atoms with Gasteiger partial charge in [-0.05, 0) is 24.1 Å². The first-order chi connectivity index (χ1) is 13.5. The molecule has 7 heteroatoms. The Hall–Kier alpha value is -2.80. The van der Waals surface area contributed by atoms with Gasteiger partial charge in [-0.3, -0.25) is 9.79 Å². The van der Waals surface area contributed by atoms with E-state index < -0.39 is 0 Å². The topological polar surface area (TPSA) is 101 Å². The molecule has 1 heterocycles. The Morgan fingerprint density at radius 3 is 2.64 bits per heavy atom. The van der Waals surface area contributed by atoms with Gasteiger partial charge in [0.15, 0.2) is 0 Å². The number of hydrogen-bond acceptors (Lipinski definition) is 6. The zero-order chi connectivity index (χ0) is 20.5. The predicted octanol–water partition coefficient (Wildman–Crippen LogP) is 3.74. The molecule has 0 bridgehead atoms. The third-order valence-corrected chi connectivity index (χ3v) is 4.91. The van der Waals surface area contributed by atoms with Crippen LogP contribution in [-0.2, 0) is 4.79 Å². The average molecular weight is 399 g/mol. The summed E-state index contributed by atoms with van der Waals surface area (Å²) >= 11 is 1.52. The first-order valence-electron chi connectivity index (χ1n) is 9.06. The molecule has 1 aromatic heterocycles. The van der Waals surface area contributed by atoms with Crippen molar-refractivity contribution in [2.24, 2.45) is 4.99 Å². The second-order valence-electron chi connectivity index (χ2n) is 6.08. The van der Waals surface area contributed by atoms with Crippen molar-refractivity contribution in [3.8, 4) is 16.9 Å². The quantitative estimate of drug-likeness (QED) is 0.357. The fourth-order valence-electron chi connectivity index (χ4n) is 2.69. The normalized spacial score (nSPS) is 11.4. The highest BCUT2D eigenvalue weighted by molar-refractivity contribution is 7.99. The highest BCUT2D eigenvalue weighted by atomic mass is 32.2. The van der Waals surface area contributed by atoms with Crippen molar-refractivity contribution in [3.63, 3.8) is 0 Å². The summed E-state index contributed by atoms with van der Waals surface area (Å²) in [6.45, 7) is 4.09. The van der Waals surface area contributed by atoms with Crippen LogP contribution in [0.5, 0.6) is 5.75 Å². The number of nitrogen functional groups attached to an aromatic ring is 1. The van der Waals surface area contributed by atoms with Gasteiger partial charge in [0.25, 0.3) is 0 Å². The monoisotopic (exact) mass is 398 g/mol. The molecule has 2 rings (SSSR count). The van der Waals surface area contributed by atoms with E-state index in [0.717, 1.165) is 33.7 Å². The number of nitrogens with two attached hydrogens (primary N) is 1. The average Bonchev–Trinajstić information content (AvgIpc) is 2.66. The van der Waals surface area contributed by atoms with Crippen LogP contribution in [0.2, 0.25) is 0 Å². The number of carbonyl (C=O) groups excluding carboxylic acids is 1. The molecule has 0 aliphatic rings. The van der Waals surface area contributed by atoms with Crippen LogP contribution in [0, 0.1) is 0 Å². The number of aromatic nitrogens is 1. The maximum absolute atomic E-state index is 11.1. The van der Waals surface area contributed by atoms with Gasteiger partial charge < -0.3 is 16.2 Å². The van der Waals surface area contributed by atoms with Crippen LogP contribution in [0.3, 0.4) is 0 Å². The van der Waals surface area contributed by atoms with Gasteiger partial charge in [0, 0.05) is 49.2 Å². The summed E-state index contributed by atoms with van der Waals surface area (Å²) in [5, 5.41) is 13.2. The van der Waals surface area contributed by atoms with Crippen LogP contribution in [0.1, 0.15) is 31.4 Å². The van der Waals surface area contributed by atoms with Gasteiger partial charge in [0.2, 0.25) is 5.91 Å². The number of anilines is 1. The number of hydrogen-bond donors (Lipinski definition) is 3. The molecule has 0 atom stereocenters. The van der Waals surface area contributed by atoms with Crippen LogP contribution in [0.15, 0.2) is 40.4 Å². The largest absolute Gasteiger partial charge is 0.508 e. The van der Waals surface area contributed by atoms with E-state index in [1.807, 2.05) is 24.3 Å². The second-order valence-corrected chi connectivity index (χ2v) is 7.16. The molecule has 6 nitrogen and oxygen atoms in total. The Morgan fingerprint density at radius 2 is 2.04 bits per heavy atom. The molecule has 0 spiro atoms. The number of phenolic OH excluding ortho intramolecular Hbond substituents is 1. The van der Waals surface area contributed by atoms with E-state index >= 15 is 0 Å². The Bertz CT molecular complexity index is 877. The number of nitrogens with one attached hydrogen (secondary N) is 1. The minimum atomic E-state index is -0.0618. The zero-order valence-electron chi connectivity index (χ0n) is 16.4. The lowest BCUT2D eigenvalue weighted by Crippen LogP contribution is -2.22. The van der Waals surface area contributed by atoms with Crippen LogP contribution in [0.25, 0.3) is 17.2 Å². The van der Waals surface area contributed by atoms with Crippen LogP contribution < -0.4 is 11.1 Å². The highest BCUT2D eigenvalue weighted by Gasteiger charge is 2.18. The number of benzene rings is 1. The van der Waals surface area contributed by atoms with Gasteiger partial charge in [-0.15, -0.1) is 11.8 Å². The molecule has 0 aliphatic carbocycles. The molecule has 0 aliphatic heterocycles. The number of rotatable bonds is 8. The molecular weight excluding hydrogens is 372 g/mol. The van der Waals surface area contributed by atoms with E-state index in [0.29, 0.717) is 18.1 Å². The summed E-state index contributed by atoms with van der Waals surface area (Å²) in [6.07, 6.45) is 6.66. The maximum Gasteiger partial charge on any atom is 0.216 e. The van der Waals surface area contributed by atoms with Crippen LogP contribution in [0.4, 0.5) is 5.82 Å². The van der Waals surface area contributed by atoms with Crippen molar-refractivity contribution in [2.45, 2.75) is 25.3 Å². The predicted molar refractivity (Wildman–Crippen MR) is 118 cm³/mol. The molecular formula is C21H26N4O2S. The van der Waals surface area contributed by atoms with E-state index in [-0.39, 0.29) is 11.7 Å². The minimum absolute atomic E-state index is 0.0618. The fraction of sp³-hybridized carbons (Fsp3) is 0.286. The highest BCUT2D eigenvalue weighted by Crippen LogP contribution is 2.36. The standard InChI is InChI=1S/C21H26N4O2S/c1-4-5-6-17-19(15-7-9-16(27)10-8-15)18(13-23-3)21(25-20(17)22)28-12-11-24-14(2)26/h5-10,13,27H,4,11-12H2,1-3H3,(H2,22,25)(H,24,26)/b6-5+,23-13?. The third-order valence-electron chi connectivity index (χ3n) is 3.92. The van der Waals surface area contributed by atoms with E-state index in [1.54, 1.807) is 25.4 Å². The fourth-order valence-corrected chi connectivity index (χ4v) is 3.56. The van der Waals surface area contributed by atoms with Crippen molar-refractivity contribution in [3.05, 3.63) is 41.5 Å². The molecule has 1 amide bonds. The van der Waals surface area contributed by atoms with E-state index in [9.17, 15) is 9.90 Å².